The molecule has 0 aliphatic carbocycles. The van der Waals surface area contributed by atoms with Crippen LogP contribution in [0.1, 0.15) is 41.6 Å². The van der Waals surface area contributed by atoms with Gasteiger partial charge >= 0.3 is 0 Å². The van der Waals surface area contributed by atoms with Crippen molar-refractivity contribution < 1.29 is 4.79 Å². The van der Waals surface area contributed by atoms with Gasteiger partial charge in [-0.1, -0.05) is 0 Å². The van der Waals surface area contributed by atoms with Crippen molar-refractivity contribution in [2.75, 3.05) is 24.2 Å². The number of fused-ring (bicyclic) bond motifs is 3. The standard InChI is InChI=1S/C16H23N5O/c1-21-10-2-3-11(21)7-9(6-10)20-14-12-4-5-18-16(12)19-8-13(14)15(17)22/h8-11H,2-7H2,1H3,(H2,17,22)(H2,18,19,20)/t9?,10-,11+. The molecule has 2 saturated heterocycles. The Morgan fingerprint density at radius 2 is 2.14 bits per heavy atom. The monoisotopic (exact) mass is 301 g/mol. The summed E-state index contributed by atoms with van der Waals surface area (Å²) in [5, 5.41) is 6.91. The molecule has 4 heterocycles. The van der Waals surface area contributed by atoms with Crippen LogP contribution in [-0.2, 0) is 6.42 Å². The van der Waals surface area contributed by atoms with Gasteiger partial charge in [0.2, 0.25) is 0 Å². The lowest BCUT2D eigenvalue weighted by molar-refractivity contribution is 0.100. The summed E-state index contributed by atoms with van der Waals surface area (Å²) in [7, 11) is 2.24. The molecule has 0 spiro atoms. The van der Waals surface area contributed by atoms with E-state index in [9.17, 15) is 4.79 Å². The Bertz CT molecular complexity index is 603. The summed E-state index contributed by atoms with van der Waals surface area (Å²) >= 11 is 0. The van der Waals surface area contributed by atoms with Crippen LogP contribution in [-0.4, -0.2) is 47.5 Å². The first-order valence-electron chi connectivity index (χ1n) is 8.17. The normalized spacial score (nSPS) is 30.0. The Balaban J connectivity index is 1.63. The lowest BCUT2D eigenvalue weighted by atomic mass is 9.96. The number of hydrogen-bond donors (Lipinski definition) is 3. The minimum atomic E-state index is -0.402. The van der Waals surface area contributed by atoms with Gasteiger partial charge in [-0.15, -0.1) is 0 Å². The molecule has 118 valence electrons. The summed E-state index contributed by atoms with van der Waals surface area (Å²) < 4.78 is 0. The van der Waals surface area contributed by atoms with E-state index in [1.54, 1.807) is 6.20 Å². The molecule has 4 rings (SSSR count). The smallest absolute Gasteiger partial charge is 0.252 e. The Morgan fingerprint density at radius 1 is 1.41 bits per heavy atom. The van der Waals surface area contributed by atoms with Crippen LogP contribution in [0.15, 0.2) is 6.20 Å². The van der Waals surface area contributed by atoms with Gasteiger partial charge in [0.1, 0.15) is 5.82 Å². The summed E-state index contributed by atoms with van der Waals surface area (Å²) in [6.07, 6.45) is 7.35. The fourth-order valence-corrected chi connectivity index (χ4v) is 4.34. The van der Waals surface area contributed by atoms with Crippen LogP contribution in [0.4, 0.5) is 11.5 Å². The molecule has 6 heteroatoms. The minimum absolute atomic E-state index is 0.402. The van der Waals surface area contributed by atoms with Gasteiger partial charge in [0.05, 0.1) is 11.3 Å². The average molecular weight is 301 g/mol. The molecule has 0 radical (unpaired) electrons. The third kappa shape index (κ3) is 2.13. The first-order valence-corrected chi connectivity index (χ1v) is 8.17. The maximum atomic E-state index is 11.8. The van der Waals surface area contributed by atoms with Gasteiger partial charge in [-0.25, -0.2) is 4.98 Å². The summed E-state index contributed by atoms with van der Waals surface area (Å²) in [6, 6.07) is 1.75. The maximum absolute atomic E-state index is 11.8. The molecule has 3 atom stereocenters. The molecule has 1 aromatic heterocycles. The summed E-state index contributed by atoms with van der Waals surface area (Å²) in [6.45, 7) is 0.873. The van der Waals surface area contributed by atoms with Gasteiger partial charge < -0.3 is 21.3 Å². The molecule has 6 nitrogen and oxygen atoms in total. The Hall–Kier alpha value is -1.82. The fraction of sp³-hybridized carbons (Fsp3) is 0.625. The largest absolute Gasteiger partial charge is 0.381 e. The van der Waals surface area contributed by atoms with Crippen molar-refractivity contribution in [2.24, 2.45) is 5.73 Å². The first-order chi connectivity index (χ1) is 10.6. The molecule has 2 fully saturated rings. The van der Waals surface area contributed by atoms with Crippen LogP contribution in [0.3, 0.4) is 0 Å². The number of pyridine rings is 1. The second kappa shape index (κ2) is 5.12. The molecule has 1 unspecified atom stereocenters. The zero-order valence-electron chi connectivity index (χ0n) is 12.9. The maximum Gasteiger partial charge on any atom is 0.252 e. The number of rotatable bonds is 3. The highest BCUT2D eigenvalue weighted by Crippen LogP contribution is 2.37. The van der Waals surface area contributed by atoms with E-state index in [-0.39, 0.29) is 0 Å². The van der Waals surface area contributed by atoms with Crippen molar-refractivity contribution >= 4 is 17.4 Å². The molecule has 22 heavy (non-hydrogen) atoms. The SMILES string of the molecule is CN1[C@@H]2CC[C@H]1CC(Nc1c(C(N)=O)cnc3c1CCN3)C2. The second-order valence-electron chi connectivity index (χ2n) is 6.78. The number of aromatic nitrogens is 1. The van der Waals surface area contributed by atoms with E-state index < -0.39 is 5.91 Å². The van der Waals surface area contributed by atoms with Crippen LogP contribution in [0, 0.1) is 0 Å². The highest BCUT2D eigenvalue weighted by molar-refractivity contribution is 6.00. The molecule has 3 aliphatic rings. The van der Waals surface area contributed by atoms with Gasteiger partial charge in [-0.2, -0.15) is 0 Å². The number of piperidine rings is 1. The number of primary amides is 1. The predicted molar refractivity (Wildman–Crippen MR) is 86.2 cm³/mol. The number of hydrogen-bond acceptors (Lipinski definition) is 5. The molecule has 4 N–H and O–H groups in total. The van der Waals surface area contributed by atoms with Crippen LogP contribution in [0.25, 0.3) is 0 Å². The summed E-state index contributed by atoms with van der Waals surface area (Å²) in [4.78, 5) is 18.6. The third-order valence-corrected chi connectivity index (χ3v) is 5.56. The lowest BCUT2D eigenvalue weighted by Gasteiger charge is -2.37. The Kier molecular flexibility index (Phi) is 3.22. The third-order valence-electron chi connectivity index (χ3n) is 5.56. The second-order valence-corrected chi connectivity index (χ2v) is 6.78. The molecule has 2 bridgehead atoms. The Labute approximate surface area is 130 Å². The topological polar surface area (TPSA) is 83.3 Å². The minimum Gasteiger partial charge on any atom is -0.381 e. The number of nitrogens with zero attached hydrogens (tertiary/aromatic N) is 2. The van der Waals surface area contributed by atoms with E-state index >= 15 is 0 Å². The van der Waals surface area contributed by atoms with E-state index in [1.807, 2.05) is 0 Å². The summed E-state index contributed by atoms with van der Waals surface area (Å²) in [5.74, 6) is 0.490. The molecule has 3 aliphatic heterocycles. The van der Waals surface area contributed by atoms with Gasteiger partial charge in [-0.05, 0) is 39.2 Å². The van der Waals surface area contributed by atoms with E-state index in [0.29, 0.717) is 23.7 Å². The van der Waals surface area contributed by atoms with Crippen LogP contribution >= 0.6 is 0 Å². The van der Waals surface area contributed by atoms with Crippen LogP contribution in [0.2, 0.25) is 0 Å². The van der Waals surface area contributed by atoms with Gasteiger partial charge in [-0.3, -0.25) is 4.79 Å². The molecule has 0 aromatic carbocycles. The van der Waals surface area contributed by atoms with Crippen molar-refractivity contribution in [3.8, 4) is 0 Å². The highest BCUT2D eigenvalue weighted by Gasteiger charge is 2.39. The number of carbonyl (C=O) groups is 1. The zero-order chi connectivity index (χ0) is 15.3. The zero-order valence-corrected chi connectivity index (χ0v) is 12.9. The van der Waals surface area contributed by atoms with Crippen LogP contribution in [0.5, 0.6) is 0 Å². The predicted octanol–water partition coefficient (Wildman–Crippen LogP) is 1.19. The number of carbonyl (C=O) groups excluding carboxylic acids is 1. The number of nitrogens with two attached hydrogens (primary N) is 1. The van der Waals surface area contributed by atoms with Crippen LogP contribution < -0.4 is 16.4 Å². The molecule has 0 saturated carbocycles. The van der Waals surface area contributed by atoms with Crippen molar-refractivity contribution in [3.63, 3.8) is 0 Å². The Morgan fingerprint density at radius 3 is 2.82 bits per heavy atom. The van der Waals surface area contributed by atoms with E-state index in [0.717, 1.165) is 42.9 Å². The lowest BCUT2D eigenvalue weighted by Crippen LogP contribution is -2.44. The number of anilines is 2. The first kappa shape index (κ1) is 13.8. The van der Waals surface area contributed by atoms with E-state index in [4.69, 9.17) is 5.73 Å². The van der Waals surface area contributed by atoms with Crippen molar-refractivity contribution in [2.45, 2.75) is 50.2 Å². The van der Waals surface area contributed by atoms with Crippen molar-refractivity contribution in [1.29, 1.82) is 0 Å². The highest BCUT2D eigenvalue weighted by atomic mass is 16.1. The van der Waals surface area contributed by atoms with Crippen molar-refractivity contribution in [3.05, 3.63) is 17.3 Å². The molecular weight excluding hydrogens is 278 g/mol. The molecular formula is C16H23N5O. The van der Waals surface area contributed by atoms with Gasteiger partial charge in [0, 0.05) is 36.4 Å². The fourth-order valence-electron chi connectivity index (χ4n) is 4.34. The average Bonchev–Trinajstić information content (AvgIpc) is 3.02. The van der Waals surface area contributed by atoms with Gasteiger partial charge in [0.25, 0.3) is 5.91 Å². The number of amides is 1. The molecule has 1 aromatic rings. The quantitative estimate of drug-likeness (QED) is 0.781. The summed E-state index contributed by atoms with van der Waals surface area (Å²) in [5.41, 5.74) is 8.10. The molecule has 1 amide bonds. The van der Waals surface area contributed by atoms with Gasteiger partial charge in [0.15, 0.2) is 0 Å². The number of nitrogens with one attached hydrogen (secondary N) is 2. The van der Waals surface area contributed by atoms with E-state index in [1.165, 1.54) is 12.8 Å². The van der Waals surface area contributed by atoms with Crippen molar-refractivity contribution in [1.82, 2.24) is 9.88 Å². The van der Waals surface area contributed by atoms with E-state index in [2.05, 4.69) is 27.6 Å².